The summed E-state index contributed by atoms with van der Waals surface area (Å²) in [5.41, 5.74) is 4.28. The monoisotopic (exact) mass is 477 g/mol. The Bertz CT molecular complexity index is 1390. The van der Waals surface area contributed by atoms with Crippen molar-refractivity contribution in [3.8, 4) is 5.75 Å². The summed E-state index contributed by atoms with van der Waals surface area (Å²) in [4.78, 5) is 31.0. The Hall–Kier alpha value is -3.59. The number of aromatic nitrogens is 4. The van der Waals surface area contributed by atoms with Crippen LogP contribution in [0.1, 0.15) is 23.7 Å². The number of thioether (sulfide) groups is 1. The number of fused-ring (bicyclic) bond motifs is 1. The number of ether oxygens (including phenoxy) is 1. The summed E-state index contributed by atoms with van der Waals surface area (Å²) in [7, 11) is 1.61. The molecule has 34 heavy (non-hydrogen) atoms. The third-order valence-electron chi connectivity index (χ3n) is 5.42. The molecule has 0 spiro atoms. The number of anilines is 1. The molecule has 2 aromatic carbocycles. The second kappa shape index (κ2) is 10.1. The number of nitrogens with one attached hydrogen (secondary N) is 1. The predicted octanol–water partition coefficient (Wildman–Crippen LogP) is 4.02. The number of amides is 1. The summed E-state index contributed by atoms with van der Waals surface area (Å²) >= 11 is 1.23. The van der Waals surface area contributed by atoms with Crippen molar-refractivity contribution >= 4 is 34.4 Å². The lowest BCUT2D eigenvalue weighted by Crippen LogP contribution is -2.26. The fourth-order valence-corrected chi connectivity index (χ4v) is 4.48. The first-order chi connectivity index (χ1) is 16.4. The molecule has 0 atom stereocenters. The zero-order valence-corrected chi connectivity index (χ0v) is 20.5. The minimum atomic E-state index is -0.184. The molecule has 2 aromatic heterocycles. The Labute approximate surface area is 202 Å². The maximum absolute atomic E-state index is 13.6. The standard InChI is InChI=1S/C25H27N5O3S/c1-5-30-23-22(17(3)28-30)27-25(34-15-21(31)26-19-11-9-16(2)10-12-19)29(24(23)32)14-18-7-6-8-20(13-18)33-4/h6-13H,5,14-15H2,1-4H3,(H,26,31). The van der Waals surface area contributed by atoms with Crippen LogP contribution in [-0.4, -0.2) is 38.1 Å². The number of aryl methyl sites for hydroxylation is 3. The van der Waals surface area contributed by atoms with Gasteiger partial charge in [0.25, 0.3) is 5.56 Å². The van der Waals surface area contributed by atoms with Gasteiger partial charge in [0.1, 0.15) is 11.3 Å². The Morgan fingerprint density at radius 3 is 2.62 bits per heavy atom. The van der Waals surface area contributed by atoms with Gasteiger partial charge in [-0.05, 0) is 50.6 Å². The molecule has 9 heteroatoms. The summed E-state index contributed by atoms with van der Waals surface area (Å²) in [5, 5.41) is 7.84. The molecular weight excluding hydrogens is 450 g/mol. The van der Waals surface area contributed by atoms with Crippen LogP contribution in [0.2, 0.25) is 0 Å². The van der Waals surface area contributed by atoms with Crippen molar-refractivity contribution in [3.63, 3.8) is 0 Å². The Morgan fingerprint density at radius 2 is 1.91 bits per heavy atom. The second-order valence-electron chi connectivity index (χ2n) is 7.94. The molecule has 0 aliphatic carbocycles. The normalized spacial score (nSPS) is 11.1. The van der Waals surface area contributed by atoms with E-state index in [0.29, 0.717) is 40.7 Å². The molecular formula is C25H27N5O3S. The average molecular weight is 478 g/mol. The molecule has 0 bridgehead atoms. The lowest BCUT2D eigenvalue weighted by atomic mass is 10.2. The van der Waals surface area contributed by atoms with Crippen LogP contribution < -0.4 is 15.6 Å². The number of rotatable bonds is 8. The predicted molar refractivity (Wildman–Crippen MR) is 135 cm³/mol. The summed E-state index contributed by atoms with van der Waals surface area (Å²) < 4.78 is 8.62. The van der Waals surface area contributed by atoms with Gasteiger partial charge in [-0.1, -0.05) is 41.6 Å². The molecule has 4 rings (SSSR count). The first-order valence-electron chi connectivity index (χ1n) is 11.0. The van der Waals surface area contributed by atoms with E-state index in [4.69, 9.17) is 9.72 Å². The molecule has 0 radical (unpaired) electrons. The third kappa shape index (κ3) is 4.99. The number of benzene rings is 2. The Morgan fingerprint density at radius 1 is 1.15 bits per heavy atom. The van der Waals surface area contributed by atoms with Gasteiger partial charge >= 0.3 is 0 Å². The van der Waals surface area contributed by atoms with E-state index in [2.05, 4.69) is 10.4 Å². The number of methoxy groups -OCH3 is 1. The van der Waals surface area contributed by atoms with Gasteiger partial charge in [-0.3, -0.25) is 18.8 Å². The van der Waals surface area contributed by atoms with Gasteiger partial charge in [-0.2, -0.15) is 5.10 Å². The number of hydrogen-bond donors (Lipinski definition) is 1. The van der Waals surface area contributed by atoms with E-state index in [1.54, 1.807) is 16.4 Å². The van der Waals surface area contributed by atoms with Crippen LogP contribution in [0.25, 0.3) is 11.0 Å². The molecule has 0 aliphatic heterocycles. The largest absolute Gasteiger partial charge is 0.497 e. The van der Waals surface area contributed by atoms with Gasteiger partial charge < -0.3 is 10.1 Å². The van der Waals surface area contributed by atoms with Crippen LogP contribution >= 0.6 is 11.8 Å². The van der Waals surface area contributed by atoms with Crippen molar-refractivity contribution in [1.29, 1.82) is 0 Å². The zero-order chi connectivity index (χ0) is 24.2. The molecule has 2 heterocycles. The van der Waals surface area contributed by atoms with Crippen molar-refractivity contribution in [1.82, 2.24) is 19.3 Å². The van der Waals surface area contributed by atoms with E-state index < -0.39 is 0 Å². The molecule has 4 aromatic rings. The van der Waals surface area contributed by atoms with Gasteiger partial charge in [-0.25, -0.2) is 4.98 Å². The van der Waals surface area contributed by atoms with E-state index in [0.717, 1.165) is 16.8 Å². The summed E-state index contributed by atoms with van der Waals surface area (Å²) in [5.74, 6) is 0.656. The van der Waals surface area contributed by atoms with Crippen molar-refractivity contribution in [2.75, 3.05) is 18.2 Å². The van der Waals surface area contributed by atoms with Gasteiger partial charge in [0.05, 0.1) is 25.1 Å². The molecule has 0 unspecified atom stereocenters. The highest BCUT2D eigenvalue weighted by atomic mass is 32.2. The van der Waals surface area contributed by atoms with E-state index in [9.17, 15) is 9.59 Å². The fraction of sp³-hybridized carbons (Fsp3) is 0.280. The van der Waals surface area contributed by atoms with E-state index in [-0.39, 0.29) is 17.2 Å². The minimum absolute atomic E-state index is 0.116. The van der Waals surface area contributed by atoms with Crippen molar-refractivity contribution in [2.24, 2.45) is 0 Å². The van der Waals surface area contributed by atoms with E-state index in [1.165, 1.54) is 11.8 Å². The van der Waals surface area contributed by atoms with Crippen LogP contribution in [0.4, 0.5) is 5.69 Å². The second-order valence-corrected chi connectivity index (χ2v) is 8.88. The summed E-state index contributed by atoms with van der Waals surface area (Å²) in [6.07, 6.45) is 0. The molecule has 0 saturated heterocycles. The minimum Gasteiger partial charge on any atom is -0.497 e. The van der Waals surface area contributed by atoms with E-state index in [1.807, 2.05) is 69.3 Å². The number of hydrogen-bond acceptors (Lipinski definition) is 6. The van der Waals surface area contributed by atoms with Crippen molar-refractivity contribution in [3.05, 3.63) is 75.7 Å². The first kappa shape index (κ1) is 23.6. The highest BCUT2D eigenvalue weighted by Crippen LogP contribution is 2.22. The van der Waals surface area contributed by atoms with E-state index >= 15 is 0 Å². The number of carbonyl (C=O) groups excluding carboxylic acids is 1. The SMILES string of the molecule is CCn1nc(C)c2nc(SCC(=O)Nc3ccc(C)cc3)n(Cc3cccc(OC)c3)c(=O)c21. The van der Waals surface area contributed by atoms with Crippen molar-refractivity contribution in [2.45, 2.75) is 39.0 Å². The third-order valence-corrected chi connectivity index (χ3v) is 6.40. The van der Waals surface area contributed by atoms with Crippen LogP contribution in [0, 0.1) is 13.8 Å². The number of carbonyl (C=O) groups is 1. The summed E-state index contributed by atoms with van der Waals surface area (Å²) in [6, 6.07) is 15.2. The summed E-state index contributed by atoms with van der Waals surface area (Å²) in [6.45, 7) is 6.63. The lowest BCUT2D eigenvalue weighted by Gasteiger charge is -2.13. The van der Waals surface area contributed by atoms with Crippen molar-refractivity contribution < 1.29 is 9.53 Å². The molecule has 0 aliphatic rings. The Balaban J connectivity index is 1.67. The molecule has 1 amide bonds. The quantitative estimate of drug-likeness (QED) is 0.305. The lowest BCUT2D eigenvalue weighted by molar-refractivity contribution is -0.113. The van der Waals surface area contributed by atoms with Gasteiger partial charge in [-0.15, -0.1) is 0 Å². The molecule has 8 nitrogen and oxygen atoms in total. The topological polar surface area (TPSA) is 91.0 Å². The fourth-order valence-electron chi connectivity index (χ4n) is 3.68. The van der Waals surface area contributed by atoms with Crippen LogP contribution in [-0.2, 0) is 17.9 Å². The maximum Gasteiger partial charge on any atom is 0.280 e. The van der Waals surface area contributed by atoms with Crippen LogP contribution in [0.3, 0.4) is 0 Å². The zero-order valence-electron chi connectivity index (χ0n) is 19.7. The molecule has 1 N–H and O–H groups in total. The van der Waals surface area contributed by atoms with Gasteiger partial charge in [0.2, 0.25) is 5.91 Å². The Kier molecular flexibility index (Phi) is 7.02. The highest BCUT2D eigenvalue weighted by Gasteiger charge is 2.19. The van der Waals surface area contributed by atoms with Gasteiger partial charge in [0.15, 0.2) is 10.7 Å². The first-order valence-corrected chi connectivity index (χ1v) is 12.0. The van der Waals surface area contributed by atoms with Crippen LogP contribution in [0.5, 0.6) is 5.75 Å². The smallest absolute Gasteiger partial charge is 0.280 e. The van der Waals surface area contributed by atoms with Gasteiger partial charge in [0, 0.05) is 12.2 Å². The molecule has 176 valence electrons. The highest BCUT2D eigenvalue weighted by molar-refractivity contribution is 7.99. The maximum atomic E-state index is 13.6. The van der Waals surface area contributed by atoms with Crippen LogP contribution in [0.15, 0.2) is 58.5 Å². The average Bonchev–Trinajstić information content (AvgIpc) is 3.17. The molecule has 0 fully saturated rings. The molecule has 0 saturated carbocycles. The number of nitrogens with zero attached hydrogens (tertiary/aromatic N) is 4.